The minimum atomic E-state index is -0.0244. The van der Waals surface area contributed by atoms with Crippen molar-refractivity contribution in [2.24, 2.45) is 0 Å². The molecular formula is C13H11N3O. The molecule has 0 bridgehead atoms. The lowest BCUT2D eigenvalue weighted by Crippen LogP contribution is -2.12. The molecule has 0 unspecified atom stereocenters. The van der Waals surface area contributed by atoms with Crippen LogP contribution >= 0.6 is 0 Å². The molecule has 84 valence electrons. The third-order valence-electron chi connectivity index (χ3n) is 2.79. The standard InChI is InChI=1S/C13H11N3O/c1-8-14-7-9-6-12(17)16-11-5-3-2-4-10(11)13(9)15-8/h2-5,7H,6H2,1H3,(H,16,17). The Balaban J connectivity index is 2.31. The van der Waals surface area contributed by atoms with Crippen LogP contribution in [0.5, 0.6) is 0 Å². The highest BCUT2D eigenvalue weighted by atomic mass is 16.1. The fourth-order valence-corrected chi connectivity index (χ4v) is 2.02. The number of carbonyl (C=O) groups is 1. The number of hydrogen-bond acceptors (Lipinski definition) is 3. The van der Waals surface area contributed by atoms with E-state index in [2.05, 4.69) is 15.3 Å². The summed E-state index contributed by atoms with van der Waals surface area (Å²) in [6.07, 6.45) is 2.06. The van der Waals surface area contributed by atoms with Crippen LogP contribution in [0.25, 0.3) is 11.3 Å². The topological polar surface area (TPSA) is 54.9 Å². The minimum absolute atomic E-state index is 0.0244. The molecule has 0 saturated carbocycles. The number of fused-ring (bicyclic) bond motifs is 3. The average Bonchev–Trinajstić information content (AvgIpc) is 2.45. The van der Waals surface area contributed by atoms with Gasteiger partial charge in [0.05, 0.1) is 17.8 Å². The van der Waals surface area contributed by atoms with E-state index in [1.807, 2.05) is 31.2 Å². The molecule has 0 atom stereocenters. The summed E-state index contributed by atoms with van der Waals surface area (Å²) in [5.41, 5.74) is 3.50. The van der Waals surface area contributed by atoms with Crippen LogP contribution in [0.1, 0.15) is 11.4 Å². The molecule has 0 fully saturated rings. The summed E-state index contributed by atoms with van der Waals surface area (Å²) in [5.74, 6) is 0.691. The lowest BCUT2D eigenvalue weighted by Gasteiger charge is -2.07. The van der Waals surface area contributed by atoms with Crippen molar-refractivity contribution >= 4 is 11.6 Å². The number of hydrogen-bond donors (Lipinski definition) is 1. The SMILES string of the molecule is Cc1ncc2c(n1)-c1ccccc1NC(=O)C2. The maximum Gasteiger partial charge on any atom is 0.228 e. The molecule has 1 aliphatic rings. The number of rotatable bonds is 0. The third-order valence-corrected chi connectivity index (χ3v) is 2.79. The van der Waals surface area contributed by atoms with Gasteiger partial charge in [-0.2, -0.15) is 0 Å². The molecule has 1 aromatic carbocycles. The number of aryl methyl sites for hydroxylation is 1. The molecule has 1 aliphatic heterocycles. The fraction of sp³-hybridized carbons (Fsp3) is 0.154. The highest BCUT2D eigenvalue weighted by Crippen LogP contribution is 2.31. The number of amides is 1. The fourth-order valence-electron chi connectivity index (χ4n) is 2.02. The number of benzene rings is 1. The van der Waals surface area contributed by atoms with Crippen molar-refractivity contribution in [3.05, 3.63) is 41.9 Å². The predicted octanol–water partition coefficient (Wildman–Crippen LogP) is 1.95. The monoisotopic (exact) mass is 225 g/mol. The van der Waals surface area contributed by atoms with Gasteiger partial charge in [-0.25, -0.2) is 9.97 Å². The van der Waals surface area contributed by atoms with E-state index in [1.165, 1.54) is 0 Å². The molecule has 4 heteroatoms. The first-order valence-corrected chi connectivity index (χ1v) is 5.46. The maximum absolute atomic E-state index is 11.7. The van der Waals surface area contributed by atoms with E-state index in [-0.39, 0.29) is 5.91 Å². The molecule has 4 nitrogen and oxygen atoms in total. The number of aromatic nitrogens is 2. The summed E-state index contributed by atoms with van der Waals surface area (Å²) >= 11 is 0. The Morgan fingerprint density at radius 2 is 2.12 bits per heavy atom. The first kappa shape index (κ1) is 9.96. The summed E-state index contributed by atoms with van der Waals surface area (Å²) < 4.78 is 0. The van der Waals surface area contributed by atoms with Crippen molar-refractivity contribution in [2.75, 3.05) is 5.32 Å². The Morgan fingerprint density at radius 1 is 1.29 bits per heavy atom. The van der Waals surface area contributed by atoms with Crippen molar-refractivity contribution in [2.45, 2.75) is 13.3 Å². The van der Waals surface area contributed by atoms with Crippen LogP contribution in [0.15, 0.2) is 30.5 Å². The van der Waals surface area contributed by atoms with Crippen LogP contribution in [0.3, 0.4) is 0 Å². The smallest absolute Gasteiger partial charge is 0.228 e. The van der Waals surface area contributed by atoms with E-state index >= 15 is 0 Å². The van der Waals surface area contributed by atoms with E-state index < -0.39 is 0 Å². The van der Waals surface area contributed by atoms with Crippen molar-refractivity contribution < 1.29 is 4.79 Å². The number of nitrogens with zero attached hydrogens (tertiary/aromatic N) is 2. The quantitative estimate of drug-likeness (QED) is 0.745. The second-order valence-corrected chi connectivity index (χ2v) is 4.06. The highest BCUT2D eigenvalue weighted by Gasteiger charge is 2.19. The summed E-state index contributed by atoms with van der Waals surface area (Å²) in [5, 5.41) is 2.88. The van der Waals surface area contributed by atoms with Gasteiger partial charge in [-0.3, -0.25) is 4.79 Å². The largest absolute Gasteiger partial charge is 0.325 e. The molecule has 2 heterocycles. The summed E-state index contributed by atoms with van der Waals surface area (Å²) in [7, 11) is 0. The zero-order chi connectivity index (χ0) is 11.8. The highest BCUT2D eigenvalue weighted by molar-refractivity contribution is 5.99. The molecule has 17 heavy (non-hydrogen) atoms. The normalized spacial score (nSPS) is 13.4. The maximum atomic E-state index is 11.7. The summed E-state index contributed by atoms with van der Waals surface area (Å²) in [4.78, 5) is 20.3. The number of para-hydroxylation sites is 1. The van der Waals surface area contributed by atoms with Gasteiger partial charge in [0, 0.05) is 17.3 Å². The van der Waals surface area contributed by atoms with E-state index in [9.17, 15) is 4.79 Å². The molecule has 0 radical (unpaired) electrons. The number of carbonyl (C=O) groups excluding carboxylic acids is 1. The first-order valence-electron chi connectivity index (χ1n) is 5.46. The van der Waals surface area contributed by atoms with Crippen molar-refractivity contribution in [1.82, 2.24) is 9.97 Å². The molecule has 1 N–H and O–H groups in total. The van der Waals surface area contributed by atoms with Crippen LogP contribution in [-0.4, -0.2) is 15.9 Å². The third kappa shape index (κ3) is 1.67. The van der Waals surface area contributed by atoms with Gasteiger partial charge in [-0.05, 0) is 13.0 Å². The van der Waals surface area contributed by atoms with E-state index in [1.54, 1.807) is 6.20 Å². The Labute approximate surface area is 98.7 Å². The van der Waals surface area contributed by atoms with Crippen LogP contribution in [-0.2, 0) is 11.2 Å². The van der Waals surface area contributed by atoms with Crippen LogP contribution in [0.4, 0.5) is 5.69 Å². The Hall–Kier alpha value is -2.23. The summed E-state index contributed by atoms with van der Waals surface area (Å²) in [6.45, 7) is 1.85. The van der Waals surface area contributed by atoms with Crippen LogP contribution < -0.4 is 5.32 Å². The predicted molar refractivity (Wildman–Crippen MR) is 64.5 cm³/mol. The van der Waals surface area contributed by atoms with Gasteiger partial charge in [0.15, 0.2) is 0 Å². The van der Waals surface area contributed by atoms with Crippen molar-refractivity contribution in [1.29, 1.82) is 0 Å². The van der Waals surface area contributed by atoms with E-state index in [0.29, 0.717) is 12.2 Å². The van der Waals surface area contributed by atoms with Gasteiger partial charge >= 0.3 is 0 Å². The van der Waals surface area contributed by atoms with E-state index in [4.69, 9.17) is 0 Å². The molecule has 0 spiro atoms. The van der Waals surface area contributed by atoms with Gasteiger partial charge in [0.25, 0.3) is 0 Å². The Bertz CT molecular complexity index is 607. The molecule has 0 saturated heterocycles. The van der Waals surface area contributed by atoms with E-state index in [0.717, 1.165) is 22.5 Å². The van der Waals surface area contributed by atoms with Crippen molar-refractivity contribution in [3.8, 4) is 11.3 Å². The zero-order valence-electron chi connectivity index (χ0n) is 9.40. The Morgan fingerprint density at radius 3 is 3.00 bits per heavy atom. The van der Waals surface area contributed by atoms with Gasteiger partial charge in [-0.1, -0.05) is 18.2 Å². The number of anilines is 1. The van der Waals surface area contributed by atoms with Gasteiger partial charge in [-0.15, -0.1) is 0 Å². The molecule has 1 aromatic heterocycles. The number of nitrogens with one attached hydrogen (secondary N) is 1. The molecular weight excluding hydrogens is 214 g/mol. The first-order chi connectivity index (χ1) is 8.24. The molecule has 0 aliphatic carbocycles. The molecule has 1 amide bonds. The van der Waals surface area contributed by atoms with Crippen LogP contribution in [0.2, 0.25) is 0 Å². The minimum Gasteiger partial charge on any atom is -0.325 e. The molecule has 2 aromatic rings. The second kappa shape index (κ2) is 3.66. The van der Waals surface area contributed by atoms with Gasteiger partial charge in [0.1, 0.15) is 5.82 Å². The van der Waals surface area contributed by atoms with Gasteiger partial charge in [0.2, 0.25) is 5.91 Å². The molecule has 3 rings (SSSR count). The average molecular weight is 225 g/mol. The van der Waals surface area contributed by atoms with Crippen LogP contribution in [0, 0.1) is 6.92 Å². The lowest BCUT2D eigenvalue weighted by molar-refractivity contribution is -0.115. The Kier molecular flexibility index (Phi) is 2.14. The van der Waals surface area contributed by atoms with Gasteiger partial charge < -0.3 is 5.32 Å². The summed E-state index contributed by atoms with van der Waals surface area (Å²) in [6, 6.07) is 7.70. The lowest BCUT2D eigenvalue weighted by atomic mass is 10.1. The van der Waals surface area contributed by atoms with Crippen molar-refractivity contribution in [3.63, 3.8) is 0 Å². The second-order valence-electron chi connectivity index (χ2n) is 4.06. The zero-order valence-corrected chi connectivity index (χ0v) is 9.40.